The maximum Gasteiger partial charge on any atom is 0.315 e. The van der Waals surface area contributed by atoms with Crippen molar-refractivity contribution in [2.75, 3.05) is 20.6 Å². The van der Waals surface area contributed by atoms with Crippen LogP contribution >= 0.6 is 0 Å². The quantitative estimate of drug-likeness (QED) is 0.731. The Morgan fingerprint density at radius 2 is 1.83 bits per heavy atom. The molecule has 0 aromatic carbocycles. The molecule has 2 N–H and O–H groups in total. The normalized spacial score (nSPS) is 16.1. The highest BCUT2D eigenvalue weighted by Gasteiger charge is 2.15. The first kappa shape index (κ1) is 14.8. The predicted octanol–water partition coefficient (Wildman–Crippen LogP) is 1.49. The number of urea groups is 1. The molecular formula is C13H25N3O2. The molecule has 0 aliphatic heterocycles. The first-order valence-corrected chi connectivity index (χ1v) is 6.84. The van der Waals surface area contributed by atoms with Gasteiger partial charge in [0.15, 0.2) is 0 Å². The van der Waals surface area contributed by atoms with E-state index in [2.05, 4.69) is 10.6 Å². The molecule has 0 heterocycles. The Kier molecular flexibility index (Phi) is 6.54. The van der Waals surface area contributed by atoms with Crippen LogP contribution in [0.5, 0.6) is 0 Å². The number of nitrogens with one attached hydrogen (secondary N) is 2. The van der Waals surface area contributed by atoms with Gasteiger partial charge >= 0.3 is 6.03 Å². The summed E-state index contributed by atoms with van der Waals surface area (Å²) >= 11 is 0. The standard InChI is InChI=1S/C13H25N3O2/c1-16(2)12(17)9-6-10-14-13(18)15-11-7-4-3-5-8-11/h11H,3-10H2,1-2H3,(H2,14,15,18). The SMILES string of the molecule is CN(C)C(=O)CCCNC(=O)NC1CCCCC1. The highest BCUT2D eigenvalue weighted by atomic mass is 16.2. The number of nitrogens with zero attached hydrogens (tertiary/aromatic N) is 1. The van der Waals surface area contributed by atoms with Crippen LogP contribution in [0.25, 0.3) is 0 Å². The summed E-state index contributed by atoms with van der Waals surface area (Å²) in [5, 5.41) is 5.79. The minimum Gasteiger partial charge on any atom is -0.349 e. The maximum atomic E-state index is 11.6. The molecule has 104 valence electrons. The minimum atomic E-state index is -0.0980. The first-order chi connectivity index (χ1) is 8.59. The largest absolute Gasteiger partial charge is 0.349 e. The molecule has 5 heteroatoms. The number of rotatable bonds is 5. The van der Waals surface area contributed by atoms with Crippen molar-refractivity contribution in [1.29, 1.82) is 0 Å². The van der Waals surface area contributed by atoms with Gasteiger partial charge in [0.25, 0.3) is 0 Å². The summed E-state index contributed by atoms with van der Waals surface area (Å²) < 4.78 is 0. The van der Waals surface area contributed by atoms with E-state index in [0.29, 0.717) is 25.4 Å². The molecule has 0 aromatic rings. The van der Waals surface area contributed by atoms with Crippen LogP contribution in [0.1, 0.15) is 44.9 Å². The molecule has 3 amide bonds. The summed E-state index contributed by atoms with van der Waals surface area (Å²) in [6.07, 6.45) is 7.06. The lowest BCUT2D eigenvalue weighted by Crippen LogP contribution is -2.43. The summed E-state index contributed by atoms with van der Waals surface area (Å²) in [4.78, 5) is 24.4. The van der Waals surface area contributed by atoms with E-state index in [4.69, 9.17) is 0 Å². The molecule has 1 fully saturated rings. The van der Waals surface area contributed by atoms with Crippen LogP contribution in [0.2, 0.25) is 0 Å². The fourth-order valence-electron chi connectivity index (χ4n) is 2.15. The maximum absolute atomic E-state index is 11.6. The second kappa shape index (κ2) is 7.95. The van der Waals surface area contributed by atoms with Crippen LogP contribution in [0, 0.1) is 0 Å². The summed E-state index contributed by atoms with van der Waals surface area (Å²) in [5.74, 6) is 0.101. The van der Waals surface area contributed by atoms with Gasteiger partial charge in [0.2, 0.25) is 5.91 Å². The Morgan fingerprint density at radius 1 is 1.17 bits per heavy atom. The van der Waals surface area contributed by atoms with E-state index in [1.165, 1.54) is 19.3 Å². The van der Waals surface area contributed by atoms with Gasteiger partial charge in [-0.25, -0.2) is 4.79 Å². The Balaban J connectivity index is 2.04. The van der Waals surface area contributed by atoms with Gasteiger partial charge in [-0.15, -0.1) is 0 Å². The van der Waals surface area contributed by atoms with Gasteiger partial charge in [-0.1, -0.05) is 19.3 Å². The van der Waals surface area contributed by atoms with Crippen LogP contribution in [-0.4, -0.2) is 43.5 Å². The van der Waals surface area contributed by atoms with Crippen LogP contribution in [0.15, 0.2) is 0 Å². The van der Waals surface area contributed by atoms with Gasteiger partial charge in [-0.2, -0.15) is 0 Å². The molecule has 18 heavy (non-hydrogen) atoms. The Hall–Kier alpha value is -1.26. The van der Waals surface area contributed by atoms with Crippen LogP contribution < -0.4 is 10.6 Å². The molecule has 0 spiro atoms. The van der Waals surface area contributed by atoms with E-state index < -0.39 is 0 Å². The van der Waals surface area contributed by atoms with Crippen molar-refractivity contribution in [2.45, 2.75) is 51.0 Å². The zero-order chi connectivity index (χ0) is 13.4. The zero-order valence-electron chi connectivity index (χ0n) is 11.5. The summed E-state index contributed by atoms with van der Waals surface area (Å²) in [6.45, 7) is 0.554. The average molecular weight is 255 g/mol. The third-order valence-corrected chi connectivity index (χ3v) is 3.29. The lowest BCUT2D eigenvalue weighted by molar-refractivity contribution is -0.128. The first-order valence-electron chi connectivity index (χ1n) is 6.84. The number of amides is 3. The highest BCUT2D eigenvalue weighted by molar-refractivity contribution is 5.76. The molecule has 1 aliphatic rings. The summed E-state index contributed by atoms with van der Waals surface area (Å²) in [5.41, 5.74) is 0. The van der Waals surface area contributed by atoms with E-state index in [9.17, 15) is 9.59 Å². The fourth-order valence-corrected chi connectivity index (χ4v) is 2.15. The summed E-state index contributed by atoms with van der Waals surface area (Å²) in [6, 6.07) is 0.237. The van der Waals surface area contributed by atoms with E-state index in [1.807, 2.05) is 0 Å². The van der Waals surface area contributed by atoms with E-state index in [0.717, 1.165) is 12.8 Å². The van der Waals surface area contributed by atoms with Crippen molar-refractivity contribution in [3.63, 3.8) is 0 Å². The van der Waals surface area contributed by atoms with Gasteiger partial charge in [-0.3, -0.25) is 4.79 Å². The van der Waals surface area contributed by atoms with E-state index >= 15 is 0 Å². The molecule has 0 aromatic heterocycles. The Labute approximate surface area is 109 Å². The summed E-state index contributed by atoms with van der Waals surface area (Å²) in [7, 11) is 3.48. The van der Waals surface area contributed by atoms with Crippen molar-refractivity contribution in [2.24, 2.45) is 0 Å². The van der Waals surface area contributed by atoms with Crippen LogP contribution in [0.3, 0.4) is 0 Å². The molecule has 0 atom stereocenters. The van der Waals surface area contributed by atoms with Gasteiger partial charge in [0.1, 0.15) is 0 Å². The lowest BCUT2D eigenvalue weighted by atomic mass is 9.96. The lowest BCUT2D eigenvalue weighted by Gasteiger charge is -2.22. The monoisotopic (exact) mass is 255 g/mol. The van der Waals surface area contributed by atoms with Crippen LogP contribution in [-0.2, 0) is 4.79 Å². The van der Waals surface area contributed by atoms with Gasteiger partial charge in [-0.05, 0) is 19.3 Å². The third-order valence-electron chi connectivity index (χ3n) is 3.29. The molecule has 5 nitrogen and oxygen atoms in total. The van der Waals surface area contributed by atoms with Crippen LogP contribution in [0.4, 0.5) is 4.79 Å². The number of carbonyl (C=O) groups is 2. The molecule has 0 unspecified atom stereocenters. The van der Waals surface area contributed by atoms with E-state index in [1.54, 1.807) is 19.0 Å². The molecule has 1 saturated carbocycles. The van der Waals surface area contributed by atoms with Crippen molar-refractivity contribution < 1.29 is 9.59 Å². The number of carbonyl (C=O) groups excluding carboxylic acids is 2. The third kappa shape index (κ3) is 5.89. The predicted molar refractivity (Wildman–Crippen MR) is 71.3 cm³/mol. The van der Waals surface area contributed by atoms with Crippen molar-refractivity contribution >= 4 is 11.9 Å². The molecule has 0 bridgehead atoms. The molecule has 1 rings (SSSR count). The smallest absolute Gasteiger partial charge is 0.315 e. The molecule has 1 aliphatic carbocycles. The molecule has 0 radical (unpaired) electrons. The highest BCUT2D eigenvalue weighted by Crippen LogP contribution is 2.17. The van der Waals surface area contributed by atoms with Gasteiger partial charge in [0.05, 0.1) is 0 Å². The van der Waals surface area contributed by atoms with Crippen molar-refractivity contribution in [3.05, 3.63) is 0 Å². The fraction of sp³-hybridized carbons (Fsp3) is 0.846. The van der Waals surface area contributed by atoms with E-state index in [-0.39, 0.29) is 11.9 Å². The van der Waals surface area contributed by atoms with Crippen molar-refractivity contribution in [3.8, 4) is 0 Å². The second-order valence-corrected chi connectivity index (χ2v) is 5.13. The number of hydrogen-bond donors (Lipinski definition) is 2. The molecular weight excluding hydrogens is 230 g/mol. The number of hydrogen-bond acceptors (Lipinski definition) is 2. The molecule has 0 saturated heterocycles. The van der Waals surface area contributed by atoms with Gasteiger partial charge in [0, 0.05) is 33.1 Å². The Bertz CT molecular complexity index is 273. The van der Waals surface area contributed by atoms with Gasteiger partial charge < -0.3 is 15.5 Å². The minimum absolute atomic E-state index is 0.0980. The zero-order valence-corrected chi connectivity index (χ0v) is 11.5. The topological polar surface area (TPSA) is 61.4 Å². The van der Waals surface area contributed by atoms with Crippen molar-refractivity contribution in [1.82, 2.24) is 15.5 Å². The second-order valence-electron chi connectivity index (χ2n) is 5.13. The Morgan fingerprint density at radius 3 is 2.44 bits per heavy atom. The average Bonchev–Trinajstić information content (AvgIpc) is 2.35.